The highest BCUT2D eigenvalue weighted by molar-refractivity contribution is 9.10. The van der Waals surface area contributed by atoms with E-state index >= 15 is 0 Å². The summed E-state index contributed by atoms with van der Waals surface area (Å²) in [6.45, 7) is 5.41. The molecule has 0 unspecified atom stereocenters. The predicted octanol–water partition coefficient (Wildman–Crippen LogP) is 5.55. The summed E-state index contributed by atoms with van der Waals surface area (Å²) in [5, 5.41) is 0.703. The lowest BCUT2D eigenvalue weighted by molar-refractivity contribution is -0.152. The largest absolute Gasteiger partial charge is 0.488 e. The zero-order valence-corrected chi connectivity index (χ0v) is 15.6. The molecule has 2 aromatic rings. The van der Waals surface area contributed by atoms with Gasteiger partial charge in [-0.2, -0.15) is 0 Å². The molecular weight excluding hydrogens is 380 g/mol. The summed E-state index contributed by atoms with van der Waals surface area (Å²) in [4.78, 5) is 0. The molecule has 0 saturated carbocycles. The van der Waals surface area contributed by atoms with Crippen LogP contribution in [-0.2, 0) is 9.47 Å². The van der Waals surface area contributed by atoms with Crippen molar-refractivity contribution in [3.8, 4) is 16.9 Å². The maximum Gasteiger partial charge on any atom is 0.191 e. The van der Waals surface area contributed by atoms with Gasteiger partial charge in [-0.25, -0.2) is 0 Å². The minimum absolute atomic E-state index is 0.343. The molecule has 0 aliphatic heterocycles. The highest BCUT2D eigenvalue weighted by Gasteiger charge is 2.10. The van der Waals surface area contributed by atoms with E-state index in [0.717, 1.165) is 21.3 Å². The molecule has 0 fully saturated rings. The van der Waals surface area contributed by atoms with Crippen LogP contribution in [0.25, 0.3) is 11.1 Å². The molecule has 2 aromatic carbocycles. The number of halogens is 2. The number of rotatable bonds is 8. The minimum atomic E-state index is -0.343. The van der Waals surface area contributed by atoms with E-state index in [1.807, 2.05) is 56.3 Å². The van der Waals surface area contributed by atoms with Gasteiger partial charge < -0.3 is 14.2 Å². The van der Waals surface area contributed by atoms with Crippen molar-refractivity contribution in [1.29, 1.82) is 0 Å². The van der Waals surface area contributed by atoms with Crippen LogP contribution in [0.3, 0.4) is 0 Å². The van der Waals surface area contributed by atoms with Crippen molar-refractivity contribution in [3.05, 3.63) is 52.0 Å². The van der Waals surface area contributed by atoms with Gasteiger partial charge in [-0.3, -0.25) is 0 Å². The Balaban J connectivity index is 2.03. The van der Waals surface area contributed by atoms with Crippen LogP contribution in [-0.4, -0.2) is 26.1 Å². The fourth-order valence-corrected chi connectivity index (χ4v) is 2.74. The molecule has 0 radical (unpaired) electrons. The monoisotopic (exact) mass is 398 g/mol. The van der Waals surface area contributed by atoms with Crippen molar-refractivity contribution in [3.63, 3.8) is 0 Å². The molecule has 0 aliphatic carbocycles. The van der Waals surface area contributed by atoms with Gasteiger partial charge in [0.05, 0.1) is 5.02 Å². The molecule has 0 atom stereocenters. The fourth-order valence-electron chi connectivity index (χ4n) is 2.14. The summed E-state index contributed by atoms with van der Waals surface area (Å²) in [5.74, 6) is 0.768. The SMILES string of the molecule is CCOC(COc1ccc(-c2cccc(Br)c2Cl)cc1)OCC. The van der Waals surface area contributed by atoms with Gasteiger partial charge in [-0.15, -0.1) is 0 Å². The Bertz CT molecular complexity index is 610. The number of ether oxygens (including phenoxy) is 3. The Kier molecular flexibility index (Phi) is 7.37. The van der Waals surface area contributed by atoms with Crippen LogP contribution >= 0.6 is 27.5 Å². The van der Waals surface area contributed by atoms with Crippen LogP contribution in [0, 0.1) is 0 Å². The second-order valence-corrected chi connectivity index (χ2v) is 6.01. The third-order valence-corrected chi connectivity index (χ3v) is 4.50. The highest BCUT2D eigenvalue weighted by Crippen LogP contribution is 2.34. The van der Waals surface area contributed by atoms with Gasteiger partial charge in [-0.1, -0.05) is 35.9 Å². The molecule has 2 rings (SSSR count). The second kappa shape index (κ2) is 9.28. The van der Waals surface area contributed by atoms with Crippen LogP contribution in [0.5, 0.6) is 5.75 Å². The van der Waals surface area contributed by atoms with Crippen LogP contribution in [0.1, 0.15) is 13.8 Å². The summed E-state index contributed by atoms with van der Waals surface area (Å²) in [7, 11) is 0. The van der Waals surface area contributed by atoms with Crippen LogP contribution < -0.4 is 4.74 Å². The molecule has 0 amide bonds. The standard InChI is InChI=1S/C18H20BrClO3/c1-3-21-17(22-4-2)12-23-14-10-8-13(9-11-14)15-6-5-7-16(19)18(15)20/h5-11,17H,3-4,12H2,1-2H3. The molecule has 0 aliphatic rings. The first-order chi connectivity index (χ1) is 11.2. The molecule has 0 aromatic heterocycles. The van der Waals surface area contributed by atoms with E-state index in [4.69, 9.17) is 25.8 Å². The summed E-state index contributed by atoms with van der Waals surface area (Å²) >= 11 is 9.77. The Hall–Kier alpha value is -1.07. The van der Waals surface area contributed by atoms with Crippen molar-refractivity contribution >= 4 is 27.5 Å². The van der Waals surface area contributed by atoms with Gasteiger partial charge >= 0.3 is 0 Å². The summed E-state index contributed by atoms with van der Waals surface area (Å²) in [6, 6.07) is 13.7. The molecule has 0 saturated heterocycles. The molecule has 3 nitrogen and oxygen atoms in total. The summed E-state index contributed by atoms with van der Waals surface area (Å²) < 4.78 is 17.5. The first-order valence-corrected chi connectivity index (χ1v) is 8.73. The summed E-state index contributed by atoms with van der Waals surface area (Å²) in [5.41, 5.74) is 2.02. The van der Waals surface area contributed by atoms with E-state index in [1.165, 1.54) is 0 Å². The maximum absolute atomic E-state index is 6.33. The quantitative estimate of drug-likeness (QED) is 0.545. The minimum Gasteiger partial charge on any atom is -0.488 e. The molecule has 0 spiro atoms. The molecule has 5 heteroatoms. The lowest BCUT2D eigenvalue weighted by atomic mass is 10.1. The normalized spacial score (nSPS) is 11.0. The molecule has 23 heavy (non-hydrogen) atoms. The average molecular weight is 400 g/mol. The van der Waals surface area contributed by atoms with E-state index in [2.05, 4.69) is 15.9 Å². The van der Waals surface area contributed by atoms with Crippen molar-refractivity contribution in [2.24, 2.45) is 0 Å². The second-order valence-electron chi connectivity index (χ2n) is 4.78. The van der Waals surface area contributed by atoms with Crippen LogP contribution in [0.4, 0.5) is 0 Å². The van der Waals surface area contributed by atoms with Crippen molar-refractivity contribution in [1.82, 2.24) is 0 Å². The fraction of sp³-hybridized carbons (Fsp3) is 0.333. The van der Waals surface area contributed by atoms with Gasteiger partial charge in [0.15, 0.2) is 6.29 Å². The third kappa shape index (κ3) is 5.21. The molecule has 0 bridgehead atoms. The van der Waals surface area contributed by atoms with Gasteiger partial charge in [0.1, 0.15) is 12.4 Å². The van der Waals surface area contributed by atoms with Gasteiger partial charge in [0.25, 0.3) is 0 Å². The van der Waals surface area contributed by atoms with E-state index in [1.54, 1.807) is 0 Å². The molecule has 0 N–H and O–H groups in total. The Labute approximate surface area is 150 Å². The molecule has 124 valence electrons. The lowest BCUT2D eigenvalue weighted by Gasteiger charge is -2.17. The first kappa shape index (κ1) is 18.3. The highest BCUT2D eigenvalue weighted by atomic mass is 79.9. The van der Waals surface area contributed by atoms with Gasteiger partial charge in [0.2, 0.25) is 0 Å². The third-order valence-electron chi connectivity index (χ3n) is 3.21. The maximum atomic E-state index is 6.33. The van der Waals surface area contributed by atoms with E-state index in [-0.39, 0.29) is 6.29 Å². The predicted molar refractivity (Wildman–Crippen MR) is 97.1 cm³/mol. The first-order valence-electron chi connectivity index (χ1n) is 7.56. The van der Waals surface area contributed by atoms with Crippen LogP contribution in [0.2, 0.25) is 5.02 Å². The number of hydrogen-bond donors (Lipinski definition) is 0. The number of hydrogen-bond acceptors (Lipinski definition) is 3. The van der Waals surface area contributed by atoms with Crippen molar-refractivity contribution in [2.75, 3.05) is 19.8 Å². The zero-order valence-electron chi connectivity index (χ0n) is 13.2. The zero-order chi connectivity index (χ0) is 16.7. The van der Waals surface area contributed by atoms with Gasteiger partial charge in [0, 0.05) is 23.2 Å². The lowest BCUT2D eigenvalue weighted by Crippen LogP contribution is -2.25. The molecular formula is C18H20BrClO3. The summed E-state index contributed by atoms with van der Waals surface area (Å²) in [6.07, 6.45) is -0.343. The topological polar surface area (TPSA) is 27.7 Å². The number of benzene rings is 2. The van der Waals surface area contributed by atoms with Crippen molar-refractivity contribution in [2.45, 2.75) is 20.1 Å². The van der Waals surface area contributed by atoms with E-state index in [0.29, 0.717) is 24.8 Å². The van der Waals surface area contributed by atoms with Crippen molar-refractivity contribution < 1.29 is 14.2 Å². The Morgan fingerprint density at radius 3 is 2.26 bits per heavy atom. The smallest absolute Gasteiger partial charge is 0.191 e. The van der Waals surface area contributed by atoms with Crippen LogP contribution in [0.15, 0.2) is 46.9 Å². The van der Waals surface area contributed by atoms with Gasteiger partial charge in [-0.05, 0) is 53.5 Å². The molecule has 0 heterocycles. The van der Waals surface area contributed by atoms with E-state index < -0.39 is 0 Å². The average Bonchev–Trinajstić information content (AvgIpc) is 2.56. The van der Waals surface area contributed by atoms with E-state index in [9.17, 15) is 0 Å². The Morgan fingerprint density at radius 1 is 1.00 bits per heavy atom. The Morgan fingerprint density at radius 2 is 1.65 bits per heavy atom.